The van der Waals surface area contributed by atoms with E-state index in [1.54, 1.807) is 0 Å². The van der Waals surface area contributed by atoms with Gasteiger partial charge in [0.15, 0.2) is 0 Å². The molecule has 1 fully saturated rings. The van der Waals surface area contributed by atoms with Crippen LogP contribution in [0.3, 0.4) is 0 Å². The fourth-order valence-electron chi connectivity index (χ4n) is 5.23. The van der Waals surface area contributed by atoms with Gasteiger partial charge in [0.25, 0.3) is 5.91 Å². The number of benzene rings is 1. The quantitative estimate of drug-likeness (QED) is 0.445. The number of aromatic nitrogens is 2. The highest BCUT2D eigenvalue weighted by molar-refractivity contribution is 6.33. The summed E-state index contributed by atoms with van der Waals surface area (Å²) in [6.07, 6.45) is 8.58. The molecule has 0 spiro atoms. The summed E-state index contributed by atoms with van der Waals surface area (Å²) >= 11 is 6.41. The summed E-state index contributed by atoms with van der Waals surface area (Å²) in [5, 5.41) is 7.63. The highest BCUT2D eigenvalue weighted by Crippen LogP contribution is 2.28. The predicted octanol–water partition coefficient (Wildman–Crippen LogP) is 6.05. The van der Waals surface area contributed by atoms with Gasteiger partial charge in [-0.25, -0.2) is 4.39 Å². The number of allylic oxidation sites excluding steroid dienone is 5. The van der Waals surface area contributed by atoms with Gasteiger partial charge in [-0.2, -0.15) is 5.10 Å². The molecule has 0 saturated carbocycles. The highest BCUT2D eigenvalue weighted by atomic mass is 35.5. The lowest BCUT2D eigenvalue weighted by Crippen LogP contribution is -2.45. The number of halogens is 2. The first kappa shape index (κ1) is 27.8. The van der Waals surface area contributed by atoms with Crippen LogP contribution >= 0.6 is 11.6 Å². The number of aryl methyl sites for hydroxylation is 1. The van der Waals surface area contributed by atoms with Crippen molar-refractivity contribution in [3.63, 3.8) is 0 Å². The fraction of sp³-hybridized carbons (Fsp3) is 0.433. The van der Waals surface area contributed by atoms with Crippen molar-refractivity contribution in [2.45, 2.75) is 65.6 Å². The standard InChI is InChI=1S/C30H36ClFN4O2/c1-4-24-13-12-23(11-10-22-8-6-5-7-9-22)16-20(2)28(24)34-30(38)29-26(31)17-33-36(29)18-25-14-15-35(21(3)37)19-27(25)32/h5-9,12,16-17,25,27H,4,10-11,13-15,18-19H2,1-3H3,(H,34,38)/t25-,27+/m0/s1. The van der Waals surface area contributed by atoms with Gasteiger partial charge in [-0.3, -0.25) is 14.3 Å². The Kier molecular flexibility index (Phi) is 9.21. The lowest BCUT2D eigenvalue weighted by Gasteiger charge is -2.34. The summed E-state index contributed by atoms with van der Waals surface area (Å²) in [4.78, 5) is 26.7. The van der Waals surface area contributed by atoms with E-state index in [4.69, 9.17) is 11.6 Å². The molecular weight excluding hydrogens is 503 g/mol. The highest BCUT2D eigenvalue weighted by Gasteiger charge is 2.32. The van der Waals surface area contributed by atoms with Crippen molar-refractivity contribution < 1.29 is 14.0 Å². The second-order valence-corrected chi connectivity index (χ2v) is 10.5. The smallest absolute Gasteiger partial charge is 0.275 e. The fourth-order valence-corrected chi connectivity index (χ4v) is 5.45. The monoisotopic (exact) mass is 538 g/mol. The summed E-state index contributed by atoms with van der Waals surface area (Å²) in [5.41, 5.74) is 5.72. The molecule has 1 saturated heterocycles. The first-order chi connectivity index (χ1) is 18.3. The first-order valence-corrected chi connectivity index (χ1v) is 13.7. The number of rotatable bonds is 8. The number of piperidine rings is 1. The van der Waals surface area contributed by atoms with Gasteiger partial charge in [0.1, 0.15) is 11.9 Å². The second-order valence-electron chi connectivity index (χ2n) is 10.1. The van der Waals surface area contributed by atoms with Crippen molar-refractivity contribution in [1.82, 2.24) is 20.0 Å². The minimum atomic E-state index is -1.19. The van der Waals surface area contributed by atoms with Crippen LogP contribution in [0, 0.1) is 5.92 Å². The zero-order chi connectivity index (χ0) is 27.2. The SMILES string of the molecule is CCC1=C(NC(=O)c2c(Cl)cnn2C[C@@H]2CCN(C(C)=O)C[C@H]2F)C(C)=CC(CCc2ccccc2)=CC1. The summed E-state index contributed by atoms with van der Waals surface area (Å²) < 4.78 is 16.4. The van der Waals surface area contributed by atoms with E-state index in [0.29, 0.717) is 13.0 Å². The molecule has 202 valence electrons. The van der Waals surface area contributed by atoms with Crippen molar-refractivity contribution in [2.24, 2.45) is 5.92 Å². The number of hydrogen-bond acceptors (Lipinski definition) is 3. The molecule has 1 N–H and O–H groups in total. The van der Waals surface area contributed by atoms with Gasteiger partial charge >= 0.3 is 0 Å². The first-order valence-electron chi connectivity index (χ1n) is 13.3. The number of likely N-dealkylation sites (tertiary alicyclic amines) is 1. The number of nitrogens with zero attached hydrogens (tertiary/aromatic N) is 3. The molecule has 1 aromatic carbocycles. The maximum Gasteiger partial charge on any atom is 0.275 e. The van der Waals surface area contributed by atoms with Crippen LogP contribution in [0.5, 0.6) is 0 Å². The van der Waals surface area contributed by atoms with Crippen LogP contribution in [0.15, 0.2) is 71.1 Å². The minimum absolute atomic E-state index is 0.0624. The van der Waals surface area contributed by atoms with E-state index in [-0.39, 0.29) is 41.5 Å². The number of nitrogens with one attached hydrogen (secondary N) is 1. The van der Waals surface area contributed by atoms with Crippen LogP contribution in [0.25, 0.3) is 0 Å². The second kappa shape index (κ2) is 12.6. The molecule has 2 heterocycles. The molecule has 6 nitrogen and oxygen atoms in total. The normalized spacial score (nSPS) is 20.1. The molecule has 0 bridgehead atoms. The maximum atomic E-state index is 14.9. The van der Waals surface area contributed by atoms with Gasteiger partial charge in [-0.1, -0.05) is 66.6 Å². The molecule has 0 radical (unpaired) electrons. The maximum absolute atomic E-state index is 14.9. The van der Waals surface area contributed by atoms with Crippen molar-refractivity contribution in [3.8, 4) is 0 Å². The Hall–Kier alpha value is -3.19. The zero-order valence-corrected chi connectivity index (χ0v) is 23.1. The number of carbonyl (C=O) groups is 2. The van der Waals surface area contributed by atoms with Crippen LogP contribution in [0.1, 0.15) is 62.5 Å². The molecule has 38 heavy (non-hydrogen) atoms. The van der Waals surface area contributed by atoms with Crippen molar-refractivity contribution in [2.75, 3.05) is 13.1 Å². The Labute approximate surface area is 229 Å². The van der Waals surface area contributed by atoms with Crippen molar-refractivity contribution in [1.29, 1.82) is 0 Å². The van der Waals surface area contributed by atoms with Gasteiger partial charge in [0.05, 0.1) is 17.8 Å². The summed E-state index contributed by atoms with van der Waals surface area (Å²) in [6, 6.07) is 10.4. The van der Waals surface area contributed by atoms with E-state index in [1.807, 2.05) is 13.0 Å². The third-order valence-electron chi connectivity index (χ3n) is 7.51. The van der Waals surface area contributed by atoms with E-state index >= 15 is 0 Å². The van der Waals surface area contributed by atoms with Crippen LogP contribution in [0.2, 0.25) is 5.02 Å². The molecule has 1 aliphatic carbocycles. The van der Waals surface area contributed by atoms with E-state index in [9.17, 15) is 14.0 Å². The average Bonchev–Trinajstić information content (AvgIpc) is 3.19. The van der Waals surface area contributed by atoms with Gasteiger partial charge in [0.2, 0.25) is 5.91 Å². The Morgan fingerprint density at radius 1 is 1.21 bits per heavy atom. The Balaban J connectivity index is 1.47. The summed E-state index contributed by atoms with van der Waals surface area (Å²) in [6.45, 7) is 6.34. The molecule has 8 heteroatoms. The third kappa shape index (κ3) is 6.62. The Bertz CT molecular complexity index is 1260. The third-order valence-corrected chi connectivity index (χ3v) is 7.79. The van der Waals surface area contributed by atoms with Gasteiger partial charge in [-0.15, -0.1) is 0 Å². The Morgan fingerprint density at radius 2 is 1.97 bits per heavy atom. The van der Waals surface area contributed by atoms with Crippen LogP contribution in [-0.4, -0.2) is 45.8 Å². The van der Waals surface area contributed by atoms with E-state index < -0.39 is 6.17 Å². The van der Waals surface area contributed by atoms with E-state index in [2.05, 4.69) is 53.8 Å². The lowest BCUT2D eigenvalue weighted by atomic mass is 9.95. The molecule has 4 rings (SSSR count). The molecule has 2 aliphatic rings. The largest absolute Gasteiger partial charge is 0.340 e. The number of carbonyl (C=O) groups excluding carboxylic acids is 2. The molecule has 1 aliphatic heterocycles. The van der Waals surface area contributed by atoms with E-state index in [1.165, 1.54) is 33.8 Å². The molecule has 0 unspecified atom stereocenters. The summed E-state index contributed by atoms with van der Waals surface area (Å²) in [5.74, 6) is -0.835. The zero-order valence-electron chi connectivity index (χ0n) is 22.3. The van der Waals surface area contributed by atoms with E-state index in [0.717, 1.165) is 42.5 Å². The summed E-state index contributed by atoms with van der Waals surface area (Å²) in [7, 11) is 0. The molecule has 1 aromatic heterocycles. The number of alkyl halides is 1. The molecule has 2 aromatic rings. The minimum Gasteiger partial charge on any atom is -0.340 e. The van der Waals surface area contributed by atoms with Crippen LogP contribution < -0.4 is 5.32 Å². The Morgan fingerprint density at radius 3 is 2.66 bits per heavy atom. The van der Waals surface area contributed by atoms with Crippen molar-refractivity contribution >= 4 is 23.4 Å². The molecule has 2 amide bonds. The number of amides is 2. The average molecular weight is 539 g/mol. The van der Waals surface area contributed by atoms with Gasteiger partial charge in [-0.05, 0) is 55.7 Å². The predicted molar refractivity (Wildman–Crippen MR) is 148 cm³/mol. The lowest BCUT2D eigenvalue weighted by molar-refractivity contribution is -0.131. The molecular formula is C30H36ClFN4O2. The number of hydrogen-bond donors (Lipinski definition) is 1. The van der Waals surface area contributed by atoms with Gasteiger partial charge < -0.3 is 10.2 Å². The van der Waals surface area contributed by atoms with Crippen LogP contribution in [0.4, 0.5) is 4.39 Å². The van der Waals surface area contributed by atoms with Crippen LogP contribution in [-0.2, 0) is 17.8 Å². The topological polar surface area (TPSA) is 67.2 Å². The van der Waals surface area contributed by atoms with Crippen molar-refractivity contribution in [3.05, 3.63) is 87.4 Å². The molecule has 2 atom stereocenters. The van der Waals surface area contributed by atoms with Gasteiger partial charge in [0, 0.05) is 31.6 Å².